The Bertz CT molecular complexity index is 460. The molecule has 3 rings (SSSR count). The fourth-order valence-electron chi connectivity index (χ4n) is 2.16. The molecule has 76 valence electrons. The lowest BCUT2D eigenvalue weighted by atomic mass is 9.99. The number of benzene rings is 1. The summed E-state index contributed by atoms with van der Waals surface area (Å²) >= 11 is 0. The maximum absolute atomic E-state index is 4.09. The minimum atomic E-state index is 0.984. The van der Waals surface area contributed by atoms with Crippen LogP contribution in [0.2, 0.25) is 0 Å². The van der Waals surface area contributed by atoms with Gasteiger partial charge in [0.25, 0.3) is 0 Å². The third kappa shape index (κ3) is 1.45. The Morgan fingerprint density at radius 2 is 2.33 bits per heavy atom. The second kappa shape index (κ2) is 3.51. The van der Waals surface area contributed by atoms with Gasteiger partial charge in [0.1, 0.15) is 0 Å². The van der Waals surface area contributed by atoms with Crippen LogP contribution in [0.3, 0.4) is 0 Å². The second-order valence-electron chi connectivity index (χ2n) is 3.81. The van der Waals surface area contributed by atoms with E-state index < -0.39 is 0 Å². The minimum absolute atomic E-state index is 0.984. The van der Waals surface area contributed by atoms with Gasteiger partial charge in [0.05, 0.1) is 12.0 Å². The number of imidazole rings is 1. The number of hydrogen-bond donors (Lipinski definition) is 1. The first-order valence-corrected chi connectivity index (χ1v) is 5.25. The van der Waals surface area contributed by atoms with E-state index in [1.807, 2.05) is 18.7 Å². The zero-order valence-corrected chi connectivity index (χ0v) is 8.48. The highest BCUT2D eigenvalue weighted by Gasteiger charge is 2.12. The molecule has 0 radical (unpaired) electrons. The molecule has 1 aromatic heterocycles. The molecule has 15 heavy (non-hydrogen) atoms. The first-order valence-electron chi connectivity index (χ1n) is 5.25. The van der Waals surface area contributed by atoms with Crippen LogP contribution in [0.25, 0.3) is 5.69 Å². The van der Waals surface area contributed by atoms with E-state index in [1.165, 1.54) is 16.8 Å². The van der Waals surface area contributed by atoms with Crippen molar-refractivity contribution in [3.63, 3.8) is 0 Å². The van der Waals surface area contributed by atoms with Gasteiger partial charge in [-0.25, -0.2) is 4.98 Å². The van der Waals surface area contributed by atoms with Crippen molar-refractivity contribution in [2.24, 2.45) is 0 Å². The van der Waals surface area contributed by atoms with Crippen molar-refractivity contribution in [1.29, 1.82) is 0 Å². The summed E-state index contributed by atoms with van der Waals surface area (Å²) < 4.78 is 2.09. The van der Waals surface area contributed by atoms with Crippen molar-refractivity contribution in [2.45, 2.75) is 13.0 Å². The summed E-state index contributed by atoms with van der Waals surface area (Å²) in [7, 11) is 0. The van der Waals surface area contributed by atoms with E-state index in [0.29, 0.717) is 0 Å². The van der Waals surface area contributed by atoms with Crippen molar-refractivity contribution in [2.75, 3.05) is 6.54 Å². The fourth-order valence-corrected chi connectivity index (χ4v) is 2.16. The first-order chi connectivity index (χ1) is 7.45. The number of nitrogens with zero attached hydrogens (tertiary/aromatic N) is 2. The molecule has 0 fully saturated rings. The maximum atomic E-state index is 4.09. The van der Waals surface area contributed by atoms with Gasteiger partial charge in [0.15, 0.2) is 0 Å². The Labute approximate surface area is 88.8 Å². The van der Waals surface area contributed by atoms with Gasteiger partial charge < -0.3 is 9.88 Å². The predicted octanol–water partition coefficient (Wildman–Crippen LogP) is 1.52. The fraction of sp³-hybridized carbons (Fsp3) is 0.250. The van der Waals surface area contributed by atoms with Gasteiger partial charge in [-0.05, 0) is 30.2 Å². The standard InChI is InChI=1S/C12H13N3/c1-2-10-8-13-5-4-11(10)12(3-1)15-7-6-14-9-15/h1-3,6-7,9,13H,4-5,8H2. The highest BCUT2D eigenvalue weighted by Crippen LogP contribution is 2.21. The van der Waals surface area contributed by atoms with E-state index in [4.69, 9.17) is 0 Å². The summed E-state index contributed by atoms with van der Waals surface area (Å²) in [6, 6.07) is 6.47. The molecule has 0 atom stereocenters. The van der Waals surface area contributed by atoms with Crippen LogP contribution in [0.1, 0.15) is 11.1 Å². The smallest absolute Gasteiger partial charge is 0.0991 e. The molecule has 0 unspecified atom stereocenters. The zero-order chi connectivity index (χ0) is 10.1. The number of fused-ring (bicyclic) bond motifs is 1. The first kappa shape index (κ1) is 8.68. The summed E-state index contributed by atoms with van der Waals surface area (Å²) in [5, 5.41) is 3.39. The molecule has 0 amide bonds. The number of hydrogen-bond acceptors (Lipinski definition) is 2. The van der Waals surface area contributed by atoms with E-state index in [2.05, 4.69) is 33.1 Å². The van der Waals surface area contributed by atoms with Crippen molar-refractivity contribution in [1.82, 2.24) is 14.9 Å². The average molecular weight is 199 g/mol. The largest absolute Gasteiger partial charge is 0.312 e. The molecule has 2 heterocycles. The van der Waals surface area contributed by atoms with Gasteiger partial charge in [-0.1, -0.05) is 12.1 Å². The average Bonchev–Trinajstić information content (AvgIpc) is 2.82. The number of rotatable bonds is 1. The highest BCUT2D eigenvalue weighted by molar-refractivity contribution is 5.47. The molecular weight excluding hydrogens is 186 g/mol. The van der Waals surface area contributed by atoms with Gasteiger partial charge in [-0.2, -0.15) is 0 Å². The molecular formula is C12H13N3. The van der Waals surface area contributed by atoms with Crippen LogP contribution in [0.5, 0.6) is 0 Å². The summed E-state index contributed by atoms with van der Waals surface area (Å²) in [5.41, 5.74) is 4.13. The van der Waals surface area contributed by atoms with Gasteiger partial charge in [-0.3, -0.25) is 0 Å². The van der Waals surface area contributed by atoms with Gasteiger partial charge in [0.2, 0.25) is 0 Å². The molecule has 0 saturated heterocycles. The summed E-state index contributed by atoms with van der Waals surface area (Å²) in [4.78, 5) is 4.09. The Balaban J connectivity index is 2.15. The van der Waals surface area contributed by atoms with Crippen molar-refractivity contribution >= 4 is 0 Å². The van der Waals surface area contributed by atoms with Crippen LogP contribution in [0, 0.1) is 0 Å². The molecule has 0 aliphatic carbocycles. The van der Waals surface area contributed by atoms with Crippen LogP contribution >= 0.6 is 0 Å². The minimum Gasteiger partial charge on any atom is -0.312 e. The molecule has 1 aromatic carbocycles. The normalized spacial score (nSPS) is 14.9. The molecule has 1 N–H and O–H groups in total. The van der Waals surface area contributed by atoms with Crippen molar-refractivity contribution in [3.05, 3.63) is 48.0 Å². The van der Waals surface area contributed by atoms with Crippen LogP contribution in [-0.2, 0) is 13.0 Å². The lowest BCUT2D eigenvalue weighted by molar-refractivity contribution is 0.641. The Morgan fingerprint density at radius 1 is 1.33 bits per heavy atom. The van der Waals surface area contributed by atoms with Gasteiger partial charge >= 0.3 is 0 Å². The van der Waals surface area contributed by atoms with Crippen LogP contribution in [0.4, 0.5) is 0 Å². The molecule has 0 bridgehead atoms. The third-order valence-electron chi connectivity index (χ3n) is 2.90. The molecule has 0 saturated carbocycles. The topological polar surface area (TPSA) is 29.9 Å². The number of nitrogens with one attached hydrogen (secondary N) is 1. The summed E-state index contributed by atoms with van der Waals surface area (Å²) in [6.07, 6.45) is 6.78. The lowest BCUT2D eigenvalue weighted by Gasteiger charge is -2.20. The van der Waals surface area contributed by atoms with E-state index in [0.717, 1.165) is 19.5 Å². The Kier molecular flexibility index (Phi) is 2.03. The number of aromatic nitrogens is 2. The monoisotopic (exact) mass is 199 g/mol. The molecule has 0 spiro atoms. The Morgan fingerprint density at radius 3 is 3.20 bits per heavy atom. The molecule has 3 nitrogen and oxygen atoms in total. The SMILES string of the molecule is c1cc2c(c(-n3ccnc3)c1)CCNC2. The second-order valence-corrected chi connectivity index (χ2v) is 3.81. The maximum Gasteiger partial charge on any atom is 0.0991 e. The highest BCUT2D eigenvalue weighted by atomic mass is 15.0. The summed E-state index contributed by atoms with van der Waals surface area (Å²) in [6.45, 7) is 2.05. The summed E-state index contributed by atoms with van der Waals surface area (Å²) in [5.74, 6) is 0. The lowest BCUT2D eigenvalue weighted by Crippen LogP contribution is -2.24. The molecule has 1 aliphatic heterocycles. The van der Waals surface area contributed by atoms with Crippen molar-refractivity contribution in [3.8, 4) is 5.69 Å². The quantitative estimate of drug-likeness (QED) is 0.754. The predicted molar refractivity (Wildman–Crippen MR) is 59.0 cm³/mol. The van der Waals surface area contributed by atoms with E-state index >= 15 is 0 Å². The van der Waals surface area contributed by atoms with Crippen LogP contribution < -0.4 is 5.32 Å². The van der Waals surface area contributed by atoms with E-state index in [1.54, 1.807) is 0 Å². The molecule has 1 aliphatic rings. The van der Waals surface area contributed by atoms with Gasteiger partial charge in [0, 0.05) is 18.9 Å². The molecule has 2 aromatic rings. The van der Waals surface area contributed by atoms with Gasteiger partial charge in [-0.15, -0.1) is 0 Å². The van der Waals surface area contributed by atoms with Crippen LogP contribution in [-0.4, -0.2) is 16.1 Å². The van der Waals surface area contributed by atoms with E-state index in [-0.39, 0.29) is 0 Å². The van der Waals surface area contributed by atoms with E-state index in [9.17, 15) is 0 Å². The van der Waals surface area contributed by atoms with Crippen molar-refractivity contribution < 1.29 is 0 Å². The zero-order valence-electron chi connectivity index (χ0n) is 8.48. The molecule has 3 heteroatoms. The Hall–Kier alpha value is -1.61. The van der Waals surface area contributed by atoms with Crippen LogP contribution in [0.15, 0.2) is 36.9 Å². The third-order valence-corrected chi connectivity index (χ3v) is 2.90.